The summed E-state index contributed by atoms with van der Waals surface area (Å²) < 4.78 is 0. The Morgan fingerprint density at radius 3 is 2.59 bits per heavy atom. The van der Waals surface area contributed by atoms with Crippen molar-refractivity contribution in [1.82, 2.24) is 5.32 Å². The van der Waals surface area contributed by atoms with E-state index in [1.54, 1.807) is 0 Å². The van der Waals surface area contributed by atoms with Crippen molar-refractivity contribution >= 4 is 11.6 Å². The molecule has 2 heteroatoms. The Morgan fingerprint density at radius 2 is 1.94 bits per heavy atom. The van der Waals surface area contributed by atoms with Crippen molar-refractivity contribution in [2.24, 2.45) is 0 Å². The van der Waals surface area contributed by atoms with Crippen LogP contribution in [0, 0.1) is 0 Å². The van der Waals surface area contributed by atoms with E-state index in [0.29, 0.717) is 5.92 Å². The van der Waals surface area contributed by atoms with Crippen LogP contribution in [0.4, 0.5) is 0 Å². The summed E-state index contributed by atoms with van der Waals surface area (Å²) in [5.41, 5.74) is 1.30. The molecule has 1 atom stereocenters. The van der Waals surface area contributed by atoms with Gasteiger partial charge in [-0.15, -0.1) is 0 Å². The van der Waals surface area contributed by atoms with Crippen LogP contribution in [0.3, 0.4) is 0 Å². The third-order valence-corrected chi connectivity index (χ3v) is 3.41. The molecule has 0 saturated carbocycles. The molecule has 17 heavy (non-hydrogen) atoms. The zero-order valence-electron chi connectivity index (χ0n) is 11.0. The van der Waals surface area contributed by atoms with Crippen molar-refractivity contribution in [2.75, 3.05) is 13.1 Å². The van der Waals surface area contributed by atoms with E-state index in [2.05, 4.69) is 31.3 Å². The number of hydrogen-bond acceptors (Lipinski definition) is 1. The lowest BCUT2D eigenvalue weighted by Gasteiger charge is -2.19. The fourth-order valence-electron chi connectivity index (χ4n) is 2.08. The molecule has 1 N–H and O–H groups in total. The van der Waals surface area contributed by atoms with Crippen LogP contribution in [0.1, 0.15) is 51.0 Å². The molecule has 1 aromatic carbocycles. The number of hydrogen-bond donors (Lipinski definition) is 1. The average Bonchev–Trinajstić information content (AvgIpc) is 2.35. The minimum atomic E-state index is 0.551. The van der Waals surface area contributed by atoms with Gasteiger partial charge in [0.1, 0.15) is 0 Å². The molecule has 0 saturated heterocycles. The Balaban J connectivity index is 2.64. The van der Waals surface area contributed by atoms with Gasteiger partial charge in [0.2, 0.25) is 0 Å². The summed E-state index contributed by atoms with van der Waals surface area (Å²) in [7, 11) is 0. The molecule has 0 aliphatic rings. The largest absolute Gasteiger partial charge is 0.316 e. The maximum absolute atomic E-state index is 6.28. The van der Waals surface area contributed by atoms with Gasteiger partial charge in [-0.05, 0) is 36.9 Å². The van der Waals surface area contributed by atoms with Crippen LogP contribution in [-0.2, 0) is 0 Å². The van der Waals surface area contributed by atoms with Crippen molar-refractivity contribution in [1.29, 1.82) is 0 Å². The molecule has 96 valence electrons. The summed E-state index contributed by atoms with van der Waals surface area (Å²) in [5.74, 6) is 0.551. The monoisotopic (exact) mass is 253 g/mol. The quantitative estimate of drug-likeness (QED) is 0.667. The smallest absolute Gasteiger partial charge is 0.0441 e. The van der Waals surface area contributed by atoms with E-state index in [1.165, 1.54) is 31.2 Å². The lowest BCUT2D eigenvalue weighted by molar-refractivity contribution is 0.528. The van der Waals surface area contributed by atoms with E-state index in [1.807, 2.05) is 12.1 Å². The van der Waals surface area contributed by atoms with Crippen LogP contribution in [0.2, 0.25) is 5.02 Å². The minimum Gasteiger partial charge on any atom is -0.316 e. The fourth-order valence-corrected chi connectivity index (χ4v) is 2.37. The standard InChI is InChI=1S/C15H24ClN/c1-3-5-8-13(12-17-11-4-2)14-9-6-7-10-15(14)16/h6-7,9-10,13,17H,3-5,8,11-12H2,1-2H3. The second kappa shape index (κ2) is 8.54. The first-order valence-electron chi connectivity index (χ1n) is 6.74. The second-order valence-corrected chi connectivity index (χ2v) is 4.97. The lowest BCUT2D eigenvalue weighted by Crippen LogP contribution is -2.22. The molecule has 0 aromatic heterocycles. The Kier molecular flexibility index (Phi) is 7.30. The van der Waals surface area contributed by atoms with Gasteiger partial charge in [0.15, 0.2) is 0 Å². The molecule has 1 rings (SSSR count). The van der Waals surface area contributed by atoms with E-state index in [0.717, 1.165) is 18.1 Å². The van der Waals surface area contributed by atoms with E-state index in [9.17, 15) is 0 Å². The SMILES string of the molecule is CCCCC(CNCCC)c1ccccc1Cl. The molecule has 0 aliphatic carbocycles. The highest BCUT2D eigenvalue weighted by Crippen LogP contribution is 2.27. The fraction of sp³-hybridized carbons (Fsp3) is 0.600. The summed E-state index contributed by atoms with van der Waals surface area (Å²) in [5, 5.41) is 4.42. The maximum Gasteiger partial charge on any atom is 0.0441 e. The minimum absolute atomic E-state index is 0.551. The average molecular weight is 254 g/mol. The normalized spacial score (nSPS) is 12.6. The zero-order valence-corrected chi connectivity index (χ0v) is 11.8. The molecule has 0 radical (unpaired) electrons. The first kappa shape index (κ1) is 14.5. The Morgan fingerprint density at radius 1 is 1.18 bits per heavy atom. The van der Waals surface area contributed by atoms with Crippen molar-refractivity contribution in [2.45, 2.75) is 45.4 Å². The number of rotatable bonds is 8. The van der Waals surface area contributed by atoms with E-state index < -0.39 is 0 Å². The molecule has 0 heterocycles. The number of unbranched alkanes of at least 4 members (excludes halogenated alkanes) is 1. The highest BCUT2D eigenvalue weighted by Gasteiger charge is 2.13. The van der Waals surface area contributed by atoms with Crippen LogP contribution in [0.15, 0.2) is 24.3 Å². The van der Waals surface area contributed by atoms with Crippen LogP contribution >= 0.6 is 11.6 Å². The predicted octanol–water partition coefficient (Wildman–Crippen LogP) is 4.61. The molecule has 1 unspecified atom stereocenters. The molecular weight excluding hydrogens is 230 g/mol. The van der Waals surface area contributed by atoms with Gasteiger partial charge in [-0.25, -0.2) is 0 Å². The van der Waals surface area contributed by atoms with Gasteiger partial charge < -0.3 is 5.32 Å². The van der Waals surface area contributed by atoms with Gasteiger partial charge >= 0.3 is 0 Å². The van der Waals surface area contributed by atoms with Gasteiger partial charge in [0.25, 0.3) is 0 Å². The molecule has 1 aromatic rings. The van der Waals surface area contributed by atoms with E-state index >= 15 is 0 Å². The van der Waals surface area contributed by atoms with Crippen molar-refractivity contribution < 1.29 is 0 Å². The van der Waals surface area contributed by atoms with Gasteiger partial charge in [-0.2, -0.15) is 0 Å². The highest BCUT2D eigenvalue weighted by molar-refractivity contribution is 6.31. The molecule has 0 amide bonds. The van der Waals surface area contributed by atoms with Gasteiger partial charge in [-0.1, -0.05) is 56.5 Å². The van der Waals surface area contributed by atoms with E-state index in [-0.39, 0.29) is 0 Å². The molecule has 0 spiro atoms. The number of nitrogens with one attached hydrogen (secondary N) is 1. The van der Waals surface area contributed by atoms with Gasteiger partial charge in [-0.3, -0.25) is 0 Å². The summed E-state index contributed by atoms with van der Waals surface area (Å²) in [6, 6.07) is 8.24. The van der Waals surface area contributed by atoms with Crippen LogP contribution in [0.5, 0.6) is 0 Å². The Bertz CT molecular complexity index is 312. The van der Waals surface area contributed by atoms with Gasteiger partial charge in [0.05, 0.1) is 0 Å². The van der Waals surface area contributed by atoms with Gasteiger partial charge in [0, 0.05) is 11.6 Å². The summed E-state index contributed by atoms with van der Waals surface area (Å²) in [6.07, 6.45) is 4.92. The first-order valence-corrected chi connectivity index (χ1v) is 7.12. The van der Waals surface area contributed by atoms with Crippen molar-refractivity contribution in [3.63, 3.8) is 0 Å². The maximum atomic E-state index is 6.28. The molecule has 0 bridgehead atoms. The van der Waals surface area contributed by atoms with Crippen LogP contribution in [0.25, 0.3) is 0 Å². The molecular formula is C15H24ClN. The van der Waals surface area contributed by atoms with Crippen molar-refractivity contribution in [3.8, 4) is 0 Å². The van der Waals surface area contributed by atoms with Crippen LogP contribution < -0.4 is 5.32 Å². The highest BCUT2D eigenvalue weighted by atomic mass is 35.5. The third-order valence-electron chi connectivity index (χ3n) is 3.07. The molecule has 0 fully saturated rings. The topological polar surface area (TPSA) is 12.0 Å². The third kappa shape index (κ3) is 5.10. The summed E-state index contributed by atoms with van der Waals surface area (Å²) >= 11 is 6.28. The molecule has 0 aliphatic heterocycles. The number of benzene rings is 1. The summed E-state index contributed by atoms with van der Waals surface area (Å²) in [6.45, 7) is 6.57. The first-order chi connectivity index (χ1) is 8.29. The Hall–Kier alpha value is -0.530. The van der Waals surface area contributed by atoms with Crippen LogP contribution in [-0.4, -0.2) is 13.1 Å². The van der Waals surface area contributed by atoms with E-state index in [4.69, 9.17) is 11.6 Å². The second-order valence-electron chi connectivity index (χ2n) is 4.56. The number of halogens is 1. The lowest BCUT2D eigenvalue weighted by atomic mass is 9.93. The zero-order chi connectivity index (χ0) is 12.5. The predicted molar refractivity (Wildman–Crippen MR) is 76.9 cm³/mol. The molecule has 1 nitrogen and oxygen atoms in total. The van der Waals surface area contributed by atoms with Crippen molar-refractivity contribution in [3.05, 3.63) is 34.9 Å². The Labute approximate surface area is 111 Å². The summed E-state index contributed by atoms with van der Waals surface area (Å²) in [4.78, 5) is 0.